The van der Waals surface area contributed by atoms with E-state index in [2.05, 4.69) is 53.1 Å². The molecule has 0 saturated carbocycles. The number of fused-ring (bicyclic) bond motifs is 1. The Balaban J connectivity index is 1.32. The Bertz CT molecular complexity index is 1160. The number of carbonyl (C=O) groups is 1. The SMILES string of the molecule is CC[C@H]1O[C@@H](n2ccc(NC(=O)C(C)C)nc2=O)CC1OP1O[C@@](C)(c2ccccc2)[C@@H]2CCCCN21. The van der Waals surface area contributed by atoms with Gasteiger partial charge in [0.1, 0.15) is 17.6 Å². The molecule has 6 atom stereocenters. The van der Waals surface area contributed by atoms with Gasteiger partial charge in [-0.05, 0) is 37.8 Å². The van der Waals surface area contributed by atoms with E-state index in [-0.39, 0.29) is 35.9 Å². The minimum atomic E-state index is -1.27. The molecule has 200 valence electrons. The van der Waals surface area contributed by atoms with Gasteiger partial charge in [-0.15, -0.1) is 0 Å². The lowest BCUT2D eigenvalue weighted by Gasteiger charge is -2.36. The van der Waals surface area contributed by atoms with Gasteiger partial charge in [0.15, 0.2) is 0 Å². The Hall–Kier alpha value is -2.16. The second-order valence-electron chi connectivity index (χ2n) is 10.5. The molecule has 0 bridgehead atoms. The predicted octanol–water partition coefficient (Wildman–Crippen LogP) is 4.95. The van der Waals surface area contributed by atoms with Crippen molar-refractivity contribution in [2.75, 3.05) is 11.9 Å². The van der Waals surface area contributed by atoms with Gasteiger partial charge in [0.25, 0.3) is 8.53 Å². The Morgan fingerprint density at radius 1 is 1.27 bits per heavy atom. The van der Waals surface area contributed by atoms with E-state index in [4.69, 9.17) is 13.8 Å². The molecule has 3 aliphatic heterocycles. The van der Waals surface area contributed by atoms with Crippen molar-refractivity contribution in [3.8, 4) is 0 Å². The number of nitrogens with zero attached hydrogens (tertiary/aromatic N) is 3. The average molecular weight is 529 g/mol. The Kier molecular flexibility index (Phi) is 7.80. The van der Waals surface area contributed by atoms with Crippen molar-refractivity contribution in [1.29, 1.82) is 0 Å². The molecule has 0 radical (unpaired) electrons. The van der Waals surface area contributed by atoms with Crippen LogP contribution in [0.3, 0.4) is 0 Å². The van der Waals surface area contributed by atoms with Gasteiger partial charge in [0.05, 0.1) is 18.2 Å². The van der Waals surface area contributed by atoms with E-state index in [1.54, 1.807) is 26.1 Å². The fraction of sp³-hybridized carbons (Fsp3) is 0.593. The first-order valence-electron chi connectivity index (χ1n) is 13.3. The van der Waals surface area contributed by atoms with E-state index in [0.717, 1.165) is 25.8 Å². The largest absolute Gasteiger partial charge is 0.352 e. The molecular formula is C27H37N4O5P. The molecule has 3 fully saturated rings. The number of aromatic nitrogens is 2. The highest BCUT2D eigenvalue weighted by molar-refractivity contribution is 7.45. The third-order valence-electron chi connectivity index (χ3n) is 7.66. The molecule has 4 heterocycles. The van der Waals surface area contributed by atoms with Gasteiger partial charge >= 0.3 is 5.69 Å². The van der Waals surface area contributed by atoms with Crippen LogP contribution in [0.1, 0.15) is 71.6 Å². The third-order valence-corrected chi connectivity index (χ3v) is 9.54. The number of benzene rings is 1. The van der Waals surface area contributed by atoms with Crippen molar-refractivity contribution >= 4 is 20.3 Å². The van der Waals surface area contributed by atoms with Crippen molar-refractivity contribution in [2.24, 2.45) is 5.92 Å². The van der Waals surface area contributed by atoms with E-state index in [0.29, 0.717) is 6.42 Å². The van der Waals surface area contributed by atoms with Crippen molar-refractivity contribution in [2.45, 2.75) is 89.9 Å². The Labute approximate surface area is 219 Å². The van der Waals surface area contributed by atoms with E-state index < -0.39 is 26.0 Å². The number of amides is 1. The molecule has 5 rings (SSSR count). The fourth-order valence-electron chi connectivity index (χ4n) is 5.48. The molecule has 9 nitrogen and oxygen atoms in total. The van der Waals surface area contributed by atoms with Gasteiger partial charge in [-0.25, -0.2) is 9.46 Å². The van der Waals surface area contributed by atoms with Crippen molar-refractivity contribution in [3.05, 3.63) is 58.6 Å². The lowest BCUT2D eigenvalue weighted by Crippen LogP contribution is -2.43. The zero-order valence-electron chi connectivity index (χ0n) is 22.0. The maximum Gasteiger partial charge on any atom is 0.351 e. The Morgan fingerprint density at radius 2 is 2.05 bits per heavy atom. The molecule has 1 amide bonds. The lowest BCUT2D eigenvalue weighted by atomic mass is 9.84. The van der Waals surface area contributed by atoms with Gasteiger partial charge < -0.3 is 19.1 Å². The number of carbonyl (C=O) groups excluding carboxylic acids is 1. The van der Waals surface area contributed by atoms with Gasteiger partial charge in [0.2, 0.25) is 5.91 Å². The molecule has 2 unspecified atom stereocenters. The summed E-state index contributed by atoms with van der Waals surface area (Å²) in [4.78, 5) is 28.8. The van der Waals surface area contributed by atoms with E-state index >= 15 is 0 Å². The summed E-state index contributed by atoms with van der Waals surface area (Å²) in [7, 11) is -1.27. The molecule has 3 aliphatic rings. The monoisotopic (exact) mass is 528 g/mol. The molecule has 0 aliphatic carbocycles. The van der Waals surface area contributed by atoms with Crippen LogP contribution in [-0.2, 0) is 24.2 Å². The number of nitrogens with one attached hydrogen (secondary N) is 1. The zero-order chi connectivity index (χ0) is 26.2. The maximum absolute atomic E-state index is 12.8. The number of ether oxygens (including phenoxy) is 1. The summed E-state index contributed by atoms with van der Waals surface area (Å²) in [5.41, 5.74) is 0.290. The number of piperidine rings is 1. The first-order chi connectivity index (χ1) is 17.8. The molecule has 3 saturated heterocycles. The van der Waals surface area contributed by atoms with Crippen LogP contribution in [0.2, 0.25) is 0 Å². The summed E-state index contributed by atoms with van der Waals surface area (Å²) in [5.74, 6) is -0.135. The topological polar surface area (TPSA) is 94.9 Å². The predicted molar refractivity (Wildman–Crippen MR) is 142 cm³/mol. The van der Waals surface area contributed by atoms with Crippen molar-refractivity contribution < 1.29 is 18.6 Å². The molecule has 1 aromatic carbocycles. The van der Waals surface area contributed by atoms with Gasteiger partial charge in [-0.1, -0.05) is 57.5 Å². The highest BCUT2D eigenvalue weighted by atomic mass is 31.2. The van der Waals surface area contributed by atoms with Crippen LogP contribution in [0, 0.1) is 5.92 Å². The van der Waals surface area contributed by atoms with Crippen LogP contribution in [-0.4, -0.2) is 44.9 Å². The molecular weight excluding hydrogens is 491 g/mol. The standard InChI is InChI=1S/C27H37N4O5P/c1-5-20-21(17-24(34-20)30-16-14-23(29-26(30)33)28-25(32)18(2)3)35-37-31-15-10-9-13-22(31)27(4,36-37)19-11-7-6-8-12-19/h6-8,11-12,14,16,18,20-22,24H,5,9-10,13,15,17H2,1-4H3,(H,28,29,32,33)/t20-,21?,22+,24-,27+,37?/m1/s1. The van der Waals surface area contributed by atoms with Crippen molar-refractivity contribution in [1.82, 2.24) is 14.2 Å². The van der Waals surface area contributed by atoms with Crippen LogP contribution in [0.5, 0.6) is 0 Å². The van der Waals surface area contributed by atoms with Gasteiger partial charge in [-0.3, -0.25) is 9.36 Å². The fourth-order valence-corrected chi connectivity index (χ4v) is 7.62. The Morgan fingerprint density at radius 3 is 2.76 bits per heavy atom. The first-order valence-corrected chi connectivity index (χ1v) is 14.5. The van der Waals surface area contributed by atoms with Gasteiger partial charge in [-0.2, -0.15) is 4.98 Å². The number of rotatable bonds is 7. The highest BCUT2D eigenvalue weighted by Gasteiger charge is 2.55. The number of hydrogen-bond donors (Lipinski definition) is 1. The summed E-state index contributed by atoms with van der Waals surface area (Å²) in [6.45, 7) is 8.79. The van der Waals surface area contributed by atoms with Crippen LogP contribution in [0.25, 0.3) is 0 Å². The molecule has 1 N–H and O–H groups in total. The second-order valence-corrected chi connectivity index (χ2v) is 11.9. The van der Waals surface area contributed by atoms with Crippen LogP contribution in [0.4, 0.5) is 5.82 Å². The average Bonchev–Trinajstić information content (AvgIpc) is 3.43. The number of anilines is 1. The smallest absolute Gasteiger partial charge is 0.351 e. The molecule has 0 spiro atoms. The number of hydrogen-bond acceptors (Lipinski definition) is 7. The molecule has 10 heteroatoms. The molecule has 1 aromatic heterocycles. The minimum absolute atomic E-state index is 0.157. The quantitative estimate of drug-likeness (QED) is 0.508. The summed E-state index contributed by atoms with van der Waals surface area (Å²) >= 11 is 0. The van der Waals surface area contributed by atoms with Crippen molar-refractivity contribution in [3.63, 3.8) is 0 Å². The molecule has 37 heavy (non-hydrogen) atoms. The third kappa shape index (κ3) is 5.25. The van der Waals surface area contributed by atoms with Crippen LogP contribution < -0.4 is 11.0 Å². The van der Waals surface area contributed by atoms with Crippen LogP contribution >= 0.6 is 8.53 Å². The normalized spacial score (nSPS) is 32.0. The first kappa shape index (κ1) is 26.4. The highest BCUT2D eigenvalue weighted by Crippen LogP contribution is 2.63. The maximum atomic E-state index is 12.8. The summed E-state index contributed by atoms with van der Waals surface area (Å²) in [5, 5.41) is 2.68. The summed E-state index contributed by atoms with van der Waals surface area (Å²) < 4.78 is 23.7. The lowest BCUT2D eigenvalue weighted by molar-refractivity contribution is -0.118. The van der Waals surface area contributed by atoms with E-state index in [1.165, 1.54) is 16.6 Å². The summed E-state index contributed by atoms with van der Waals surface area (Å²) in [6.07, 6.45) is 5.48. The zero-order valence-corrected chi connectivity index (χ0v) is 22.9. The summed E-state index contributed by atoms with van der Waals surface area (Å²) in [6, 6.07) is 12.3. The second kappa shape index (κ2) is 10.9. The van der Waals surface area contributed by atoms with Crippen LogP contribution in [0.15, 0.2) is 47.4 Å². The molecule has 2 aromatic rings. The van der Waals surface area contributed by atoms with Gasteiger partial charge in [0, 0.05) is 25.1 Å². The van der Waals surface area contributed by atoms with E-state index in [9.17, 15) is 9.59 Å². The minimum Gasteiger partial charge on any atom is -0.352 e. The van der Waals surface area contributed by atoms with E-state index in [1.807, 2.05) is 6.07 Å².